The van der Waals surface area contributed by atoms with E-state index in [-0.39, 0.29) is 12.5 Å². The van der Waals surface area contributed by atoms with Crippen LogP contribution in [0.1, 0.15) is 16.9 Å². The highest BCUT2D eigenvalue weighted by atomic mass is 35.5. The van der Waals surface area contributed by atoms with Crippen molar-refractivity contribution in [3.8, 4) is 0 Å². The van der Waals surface area contributed by atoms with Crippen molar-refractivity contribution in [1.29, 1.82) is 0 Å². The van der Waals surface area contributed by atoms with E-state index in [9.17, 15) is 4.79 Å². The molecule has 0 atom stereocenters. The van der Waals surface area contributed by atoms with Gasteiger partial charge in [0.1, 0.15) is 5.69 Å². The highest BCUT2D eigenvalue weighted by Crippen LogP contribution is 2.29. The third-order valence-corrected chi connectivity index (χ3v) is 3.54. The lowest BCUT2D eigenvalue weighted by atomic mass is 10.2. The summed E-state index contributed by atoms with van der Waals surface area (Å²) in [6.45, 7) is 1.26. The lowest BCUT2D eigenvalue weighted by Crippen LogP contribution is -2.25. The number of aromatic amines is 1. The van der Waals surface area contributed by atoms with Crippen molar-refractivity contribution in [1.82, 2.24) is 10.3 Å². The first-order chi connectivity index (χ1) is 10.1. The van der Waals surface area contributed by atoms with Gasteiger partial charge in [0.2, 0.25) is 0 Å². The van der Waals surface area contributed by atoms with E-state index >= 15 is 0 Å². The molecule has 1 amide bonds. The summed E-state index contributed by atoms with van der Waals surface area (Å²) in [6, 6.07) is 5.23. The summed E-state index contributed by atoms with van der Waals surface area (Å²) in [5, 5.41) is 13.0. The van der Waals surface area contributed by atoms with E-state index in [1.54, 1.807) is 18.2 Å². The molecule has 5 nitrogen and oxygen atoms in total. The maximum absolute atomic E-state index is 12.1. The molecule has 3 N–H and O–H groups in total. The summed E-state index contributed by atoms with van der Waals surface area (Å²) in [6.07, 6.45) is 0.662. The van der Waals surface area contributed by atoms with E-state index in [4.69, 9.17) is 33.0 Å². The third kappa shape index (κ3) is 4.11. The molecule has 21 heavy (non-hydrogen) atoms. The standard InChI is InChI=1S/C14H16Cl2N2O3/c15-9-2-3-11-10(8-9)12(16)13(18-11)14(20)17-4-1-6-21-7-5-19/h2-3,8,18-19H,1,4-7H2,(H,17,20). The Bertz CT molecular complexity index is 628. The van der Waals surface area contributed by atoms with Gasteiger partial charge in [-0.3, -0.25) is 4.79 Å². The van der Waals surface area contributed by atoms with Gasteiger partial charge in [0.25, 0.3) is 5.91 Å². The molecule has 0 bridgehead atoms. The number of amides is 1. The number of H-pyrrole nitrogens is 1. The van der Waals surface area contributed by atoms with E-state index in [1.807, 2.05) is 0 Å². The molecule has 0 aliphatic rings. The molecule has 1 heterocycles. The van der Waals surface area contributed by atoms with Crippen LogP contribution in [0.25, 0.3) is 10.9 Å². The van der Waals surface area contributed by atoms with Crippen LogP contribution >= 0.6 is 23.2 Å². The second-order valence-electron chi connectivity index (χ2n) is 4.45. The molecule has 0 spiro atoms. The predicted molar refractivity (Wildman–Crippen MR) is 83.2 cm³/mol. The Labute approximate surface area is 132 Å². The van der Waals surface area contributed by atoms with Crippen LogP contribution in [0.5, 0.6) is 0 Å². The van der Waals surface area contributed by atoms with E-state index in [1.165, 1.54) is 0 Å². The molecular formula is C14H16Cl2N2O3. The van der Waals surface area contributed by atoms with Crippen LogP contribution in [0.3, 0.4) is 0 Å². The number of aromatic nitrogens is 1. The monoisotopic (exact) mass is 330 g/mol. The van der Waals surface area contributed by atoms with Gasteiger partial charge in [-0.25, -0.2) is 0 Å². The van der Waals surface area contributed by atoms with Crippen molar-refractivity contribution >= 4 is 40.0 Å². The molecule has 114 valence electrons. The molecule has 1 aromatic carbocycles. The summed E-state index contributed by atoms with van der Waals surface area (Å²) in [7, 11) is 0. The molecular weight excluding hydrogens is 315 g/mol. The Morgan fingerprint density at radius 1 is 1.33 bits per heavy atom. The molecule has 0 radical (unpaired) electrons. The summed E-state index contributed by atoms with van der Waals surface area (Å²) in [5.41, 5.74) is 1.09. The van der Waals surface area contributed by atoms with Gasteiger partial charge >= 0.3 is 0 Å². The van der Waals surface area contributed by atoms with Crippen LogP contribution in [-0.2, 0) is 4.74 Å². The number of rotatable bonds is 7. The molecule has 2 aromatic rings. The van der Waals surface area contributed by atoms with Crippen LogP contribution in [0.2, 0.25) is 10.0 Å². The molecule has 0 saturated heterocycles. The number of hydrogen-bond acceptors (Lipinski definition) is 3. The number of nitrogens with one attached hydrogen (secondary N) is 2. The van der Waals surface area contributed by atoms with Gasteiger partial charge in [0, 0.05) is 29.1 Å². The predicted octanol–water partition coefficient (Wildman–Crippen LogP) is 2.60. The Morgan fingerprint density at radius 3 is 2.90 bits per heavy atom. The van der Waals surface area contributed by atoms with Crippen molar-refractivity contribution in [3.63, 3.8) is 0 Å². The lowest BCUT2D eigenvalue weighted by Gasteiger charge is -2.04. The Kier molecular flexibility index (Phi) is 5.87. The minimum Gasteiger partial charge on any atom is -0.394 e. The van der Waals surface area contributed by atoms with Crippen molar-refractivity contribution in [2.45, 2.75) is 6.42 Å². The molecule has 1 aromatic heterocycles. The molecule has 0 aliphatic carbocycles. The van der Waals surface area contributed by atoms with Crippen molar-refractivity contribution in [2.24, 2.45) is 0 Å². The largest absolute Gasteiger partial charge is 0.394 e. The highest BCUT2D eigenvalue weighted by Gasteiger charge is 2.16. The molecule has 0 fully saturated rings. The van der Waals surface area contributed by atoms with E-state index in [0.717, 1.165) is 10.9 Å². The van der Waals surface area contributed by atoms with E-state index < -0.39 is 0 Å². The van der Waals surface area contributed by atoms with Gasteiger partial charge in [0.15, 0.2) is 0 Å². The molecule has 7 heteroatoms. The van der Waals surface area contributed by atoms with Gasteiger partial charge in [-0.15, -0.1) is 0 Å². The lowest BCUT2D eigenvalue weighted by molar-refractivity contribution is 0.0866. The fraction of sp³-hybridized carbons (Fsp3) is 0.357. The normalized spacial score (nSPS) is 11.0. The fourth-order valence-electron chi connectivity index (χ4n) is 1.92. The van der Waals surface area contributed by atoms with Gasteiger partial charge in [-0.2, -0.15) is 0 Å². The van der Waals surface area contributed by atoms with Crippen LogP contribution in [-0.4, -0.2) is 42.4 Å². The number of halogens is 2. The summed E-state index contributed by atoms with van der Waals surface area (Å²) in [4.78, 5) is 15.1. The minimum atomic E-state index is -0.269. The smallest absolute Gasteiger partial charge is 0.269 e. The zero-order valence-electron chi connectivity index (χ0n) is 11.3. The van der Waals surface area contributed by atoms with Gasteiger partial charge in [-0.1, -0.05) is 23.2 Å². The average Bonchev–Trinajstić information content (AvgIpc) is 2.79. The average molecular weight is 331 g/mol. The topological polar surface area (TPSA) is 74.3 Å². The first-order valence-electron chi connectivity index (χ1n) is 6.57. The van der Waals surface area contributed by atoms with E-state index in [2.05, 4.69) is 10.3 Å². The summed E-state index contributed by atoms with van der Waals surface area (Å²) >= 11 is 12.1. The molecule has 0 aliphatic heterocycles. The number of hydrogen-bond donors (Lipinski definition) is 3. The van der Waals surface area contributed by atoms with Crippen molar-refractivity contribution in [2.75, 3.05) is 26.4 Å². The number of aliphatic hydroxyl groups is 1. The molecule has 0 saturated carbocycles. The van der Waals surface area contributed by atoms with Gasteiger partial charge in [0.05, 0.1) is 18.2 Å². The second kappa shape index (κ2) is 7.66. The molecule has 2 rings (SSSR count). The number of benzene rings is 1. The van der Waals surface area contributed by atoms with Gasteiger partial charge in [-0.05, 0) is 24.6 Å². The van der Waals surface area contributed by atoms with Crippen molar-refractivity contribution < 1.29 is 14.6 Å². The number of aliphatic hydroxyl groups excluding tert-OH is 1. The van der Waals surface area contributed by atoms with Crippen molar-refractivity contribution in [3.05, 3.63) is 33.9 Å². The molecule has 0 unspecified atom stereocenters. The maximum Gasteiger partial charge on any atom is 0.269 e. The summed E-state index contributed by atoms with van der Waals surface area (Å²) < 4.78 is 5.11. The van der Waals surface area contributed by atoms with Crippen LogP contribution in [0.4, 0.5) is 0 Å². The third-order valence-electron chi connectivity index (χ3n) is 2.91. The zero-order chi connectivity index (χ0) is 15.2. The summed E-state index contributed by atoms with van der Waals surface area (Å²) in [5.74, 6) is -0.269. The number of carbonyl (C=O) groups is 1. The Hall–Kier alpha value is -1.27. The Balaban J connectivity index is 1.95. The van der Waals surface area contributed by atoms with E-state index in [0.29, 0.717) is 41.9 Å². The number of carbonyl (C=O) groups excluding carboxylic acids is 1. The zero-order valence-corrected chi connectivity index (χ0v) is 12.8. The highest BCUT2D eigenvalue weighted by molar-refractivity contribution is 6.39. The maximum atomic E-state index is 12.1. The van der Waals surface area contributed by atoms with Crippen LogP contribution in [0.15, 0.2) is 18.2 Å². The SMILES string of the molecule is O=C(NCCCOCCO)c1[nH]c2ccc(Cl)cc2c1Cl. The Morgan fingerprint density at radius 2 is 2.14 bits per heavy atom. The van der Waals surface area contributed by atoms with Crippen LogP contribution < -0.4 is 5.32 Å². The number of ether oxygens (including phenoxy) is 1. The quantitative estimate of drug-likeness (QED) is 0.683. The van der Waals surface area contributed by atoms with Gasteiger partial charge < -0.3 is 20.1 Å². The second-order valence-corrected chi connectivity index (χ2v) is 5.26. The first kappa shape index (κ1) is 16.1. The number of fused-ring (bicyclic) bond motifs is 1. The van der Waals surface area contributed by atoms with Crippen LogP contribution in [0, 0.1) is 0 Å². The minimum absolute atomic E-state index is 0.000406. The first-order valence-corrected chi connectivity index (χ1v) is 7.32. The fourth-order valence-corrected chi connectivity index (χ4v) is 2.38.